The maximum absolute atomic E-state index is 12.3. The zero-order valence-electron chi connectivity index (χ0n) is 12.9. The molecule has 0 amide bonds. The molecule has 2 heteroatoms. The first-order valence-electron chi connectivity index (χ1n) is 7.46. The van der Waals surface area contributed by atoms with Gasteiger partial charge in [0.1, 0.15) is 0 Å². The first-order valence-corrected chi connectivity index (χ1v) is 7.46. The fraction of sp³-hybridized carbons (Fsp3) is 0.150. The van der Waals surface area contributed by atoms with Gasteiger partial charge in [-0.3, -0.25) is 4.79 Å². The van der Waals surface area contributed by atoms with Gasteiger partial charge in [-0.15, -0.1) is 0 Å². The van der Waals surface area contributed by atoms with Gasteiger partial charge in [0.15, 0.2) is 5.78 Å². The fourth-order valence-corrected chi connectivity index (χ4v) is 2.50. The number of aryl methyl sites for hydroxylation is 2. The molecule has 0 aliphatic carbocycles. The molecule has 0 radical (unpaired) electrons. The van der Waals surface area contributed by atoms with E-state index in [-0.39, 0.29) is 5.78 Å². The van der Waals surface area contributed by atoms with Crippen LogP contribution in [-0.4, -0.2) is 12.3 Å². The lowest BCUT2D eigenvalue weighted by molar-refractivity contribution is 0.101. The number of carbonyl (C=O) groups is 1. The molecule has 3 aromatic carbocycles. The van der Waals surface area contributed by atoms with Gasteiger partial charge < -0.3 is 5.32 Å². The SMILES string of the molecule is Cc1ccc(C(=O)CNc2ccc3ccccc3c2)cc1C. The Morgan fingerprint density at radius 2 is 1.64 bits per heavy atom. The molecule has 0 aliphatic heterocycles. The molecule has 0 atom stereocenters. The van der Waals surface area contributed by atoms with E-state index in [1.807, 2.05) is 43.3 Å². The van der Waals surface area contributed by atoms with Gasteiger partial charge in [-0.05, 0) is 53.9 Å². The van der Waals surface area contributed by atoms with E-state index in [4.69, 9.17) is 0 Å². The smallest absolute Gasteiger partial charge is 0.181 e. The zero-order valence-corrected chi connectivity index (χ0v) is 12.9. The highest BCUT2D eigenvalue weighted by atomic mass is 16.1. The van der Waals surface area contributed by atoms with Crippen molar-refractivity contribution in [2.75, 3.05) is 11.9 Å². The molecule has 0 saturated carbocycles. The minimum atomic E-state index is 0.108. The van der Waals surface area contributed by atoms with Crippen LogP contribution >= 0.6 is 0 Å². The molecule has 0 spiro atoms. The van der Waals surface area contributed by atoms with Crippen molar-refractivity contribution in [3.05, 3.63) is 77.4 Å². The van der Waals surface area contributed by atoms with Crippen LogP contribution in [0.4, 0.5) is 5.69 Å². The molecule has 0 unspecified atom stereocenters. The number of hydrogen-bond acceptors (Lipinski definition) is 2. The predicted octanol–water partition coefficient (Wildman–Crippen LogP) is 4.75. The summed E-state index contributed by atoms with van der Waals surface area (Å²) in [4.78, 5) is 12.3. The zero-order chi connectivity index (χ0) is 15.5. The largest absolute Gasteiger partial charge is 0.378 e. The molecule has 110 valence electrons. The van der Waals surface area contributed by atoms with Gasteiger partial charge in [-0.2, -0.15) is 0 Å². The Morgan fingerprint density at radius 1 is 0.864 bits per heavy atom. The Balaban J connectivity index is 1.72. The van der Waals surface area contributed by atoms with Crippen LogP contribution in [0.3, 0.4) is 0 Å². The van der Waals surface area contributed by atoms with E-state index in [0.29, 0.717) is 6.54 Å². The van der Waals surface area contributed by atoms with Crippen molar-refractivity contribution in [2.45, 2.75) is 13.8 Å². The summed E-state index contributed by atoms with van der Waals surface area (Å²) in [6.07, 6.45) is 0. The molecule has 2 nitrogen and oxygen atoms in total. The summed E-state index contributed by atoms with van der Waals surface area (Å²) in [6, 6.07) is 20.2. The molecule has 22 heavy (non-hydrogen) atoms. The standard InChI is InChI=1S/C20H19NO/c1-14-7-8-18(11-15(14)2)20(22)13-21-19-10-9-16-5-3-4-6-17(16)12-19/h3-12,21H,13H2,1-2H3. The van der Waals surface area contributed by atoms with E-state index >= 15 is 0 Å². The summed E-state index contributed by atoms with van der Waals surface area (Å²) in [5, 5.41) is 5.59. The number of anilines is 1. The van der Waals surface area contributed by atoms with E-state index in [9.17, 15) is 4.79 Å². The van der Waals surface area contributed by atoms with Crippen molar-refractivity contribution in [3.63, 3.8) is 0 Å². The quantitative estimate of drug-likeness (QED) is 0.702. The maximum Gasteiger partial charge on any atom is 0.181 e. The maximum atomic E-state index is 12.3. The summed E-state index contributed by atoms with van der Waals surface area (Å²) < 4.78 is 0. The molecule has 1 N–H and O–H groups in total. The molecule has 0 fully saturated rings. The van der Waals surface area contributed by atoms with Crippen LogP contribution in [0.2, 0.25) is 0 Å². The Labute approximate surface area is 130 Å². The van der Waals surface area contributed by atoms with E-state index in [1.165, 1.54) is 16.3 Å². The molecule has 0 aromatic heterocycles. The number of rotatable bonds is 4. The van der Waals surface area contributed by atoms with Crippen molar-refractivity contribution < 1.29 is 4.79 Å². The molecular formula is C20H19NO. The van der Waals surface area contributed by atoms with Crippen molar-refractivity contribution in [2.24, 2.45) is 0 Å². The van der Waals surface area contributed by atoms with E-state index in [0.717, 1.165) is 16.8 Å². The molecule has 0 saturated heterocycles. The Morgan fingerprint density at radius 3 is 2.41 bits per heavy atom. The van der Waals surface area contributed by atoms with Crippen LogP contribution in [0.1, 0.15) is 21.5 Å². The van der Waals surface area contributed by atoms with Crippen molar-refractivity contribution in [3.8, 4) is 0 Å². The number of carbonyl (C=O) groups excluding carboxylic acids is 1. The predicted molar refractivity (Wildman–Crippen MR) is 92.7 cm³/mol. The summed E-state index contributed by atoms with van der Waals surface area (Å²) >= 11 is 0. The highest BCUT2D eigenvalue weighted by molar-refractivity contribution is 5.99. The van der Waals surface area contributed by atoms with Crippen LogP contribution < -0.4 is 5.32 Å². The number of fused-ring (bicyclic) bond motifs is 1. The molecule has 0 heterocycles. The third-order valence-electron chi connectivity index (χ3n) is 4.03. The minimum Gasteiger partial charge on any atom is -0.378 e. The van der Waals surface area contributed by atoms with Gasteiger partial charge in [0, 0.05) is 11.3 Å². The second-order valence-corrected chi connectivity index (χ2v) is 5.64. The third kappa shape index (κ3) is 3.01. The van der Waals surface area contributed by atoms with Crippen LogP contribution in [0, 0.1) is 13.8 Å². The van der Waals surface area contributed by atoms with Crippen LogP contribution in [0.15, 0.2) is 60.7 Å². The number of hydrogen-bond donors (Lipinski definition) is 1. The second-order valence-electron chi connectivity index (χ2n) is 5.64. The number of benzene rings is 3. The van der Waals surface area contributed by atoms with E-state index in [2.05, 4.69) is 36.5 Å². The Kier molecular flexibility index (Phi) is 3.92. The van der Waals surface area contributed by atoms with Crippen LogP contribution in [0.25, 0.3) is 10.8 Å². The van der Waals surface area contributed by atoms with Crippen molar-refractivity contribution in [1.29, 1.82) is 0 Å². The highest BCUT2D eigenvalue weighted by Crippen LogP contribution is 2.19. The monoisotopic (exact) mass is 289 g/mol. The van der Waals surface area contributed by atoms with Crippen LogP contribution in [0.5, 0.6) is 0 Å². The van der Waals surface area contributed by atoms with Crippen LogP contribution in [-0.2, 0) is 0 Å². The number of Topliss-reactive ketones (excluding diaryl/α,β-unsaturated/α-hetero) is 1. The lowest BCUT2D eigenvalue weighted by Crippen LogP contribution is -2.14. The Hall–Kier alpha value is -2.61. The summed E-state index contributed by atoms with van der Waals surface area (Å²) in [6.45, 7) is 4.39. The molecular weight excluding hydrogens is 270 g/mol. The second kappa shape index (κ2) is 6.02. The number of ketones is 1. The average Bonchev–Trinajstić information content (AvgIpc) is 2.55. The van der Waals surface area contributed by atoms with Gasteiger partial charge >= 0.3 is 0 Å². The molecule has 3 rings (SSSR count). The normalized spacial score (nSPS) is 10.6. The van der Waals surface area contributed by atoms with Crippen molar-refractivity contribution in [1.82, 2.24) is 0 Å². The summed E-state index contributed by atoms with van der Waals surface area (Å²) in [7, 11) is 0. The van der Waals surface area contributed by atoms with Gasteiger partial charge in [0.05, 0.1) is 6.54 Å². The minimum absolute atomic E-state index is 0.108. The third-order valence-corrected chi connectivity index (χ3v) is 4.03. The molecule has 3 aromatic rings. The summed E-state index contributed by atoms with van der Waals surface area (Å²) in [5.74, 6) is 0.108. The van der Waals surface area contributed by atoms with Gasteiger partial charge in [-0.1, -0.05) is 42.5 Å². The molecule has 0 bridgehead atoms. The van der Waals surface area contributed by atoms with Crippen molar-refractivity contribution >= 4 is 22.2 Å². The Bertz CT molecular complexity index is 836. The average molecular weight is 289 g/mol. The lowest BCUT2D eigenvalue weighted by Gasteiger charge is -2.08. The van der Waals surface area contributed by atoms with E-state index < -0.39 is 0 Å². The molecule has 0 aliphatic rings. The van der Waals surface area contributed by atoms with E-state index in [1.54, 1.807) is 0 Å². The van der Waals surface area contributed by atoms with Gasteiger partial charge in [-0.25, -0.2) is 0 Å². The van der Waals surface area contributed by atoms with Gasteiger partial charge in [0.2, 0.25) is 0 Å². The topological polar surface area (TPSA) is 29.1 Å². The first kappa shape index (κ1) is 14.3. The first-order chi connectivity index (χ1) is 10.6. The highest BCUT2D eigenvalue weighted by Gasteiger charge is 2.07. The summed E-state index contributed by atoms with van der Waals surface area (Å²) in [5.41, 5.74) is 4.09. The number of nitrogens with one attached hydrogen (secondary N) is 1. The fourth-order valence-electron chi connectivity index (χ4n) is 2.50. The van der Waals surface area contributed by atoms with Gasteiger partial charge in [0.25, 0.3) is 0 Å². The lowest BCUT2D eigenvalue weighted by atomic mass is 10.0.